The summed E-state index contributed by atoms with van der Waals surface area (Å²) < 4.78 is 15.3. The molecule has 0 bridgehead atoms. The Bertz CT molecular complexity index is 542. The van der Waals surface area contributed by atoms with Crippen molar-refractivity contribution in [1.29, 1.82) is 0 Å². The number of rotatable bonds is 4. The Morgan fingerprint density at radius 2 is 2.11 bits per heavy atom. The maximum Gasteiger partial charge on any atom is 0.123 e. The summed E-state index contributed by atoms with van der Waals surface area (Å²) in [5.41, 5.74) is 0.971. The zero-order valence-electron chi connectivity index (χ0n) is 9.71. The summed E-state index contributed by atoms with van der Waals surface area (Å²) in [5.74, 6) is -0.199. The van der Waals surface area contributed by atoms with Gasteiger partial charge in [-0.2, -0.15) is 0 Å². The van der Waals surface area contributed by atoms with Gasteiger partial charge in [-0.1, -0.05) is 15.9 Å². The van der Waals surface area contributed by atoms with E-state index in [1.165, 1.54) is 10.9 Å². The molecule has 5 heteroatoms. The van der Waals surface area contributed by atoms with E-state index in [-0.39, 0.29) is 11.9 Å². The molecule has 2 aromatic rings. The second-order valence-corrected chi connectivity index (χ2v) is 6.66. The van der Waals surface area contributed by atoms with E-state index in [4.69, 9.17) is 0 Å². The van der Waals surface area contributed by atoms with E-state index >= 15 is 0 Å². The van der Waals surface area contributed by atoms with Gasteiger partial charge in [-0.25, -0.2) is 4.39 Å². The average Bonchev–Trinajstić information content (AvgIpc) is 2.77. The van der Waals surface area contributed by atoms with E-state index in [0.717, 1.165) is 20.9 Å². The topological polar surface area (TPSA) is 12.0 Å². The van der Waals surface area contributed by atoms with Gasteiger partial charge in [0.15, 0.2) is 0 Å². The van der Waals surface area contributed by atoms with E-state index in [2.05, 4.69) is 48.6 Å². The van der Waals surface area contributed by atoms with Gasteiger partial charge >= 0.3 is 0 Å². The first-order valence-corrected chi connectivity index (χ1v) is 7.92. The van der Waals surface area contributed by atoms with Crippen LogP contribution in [0, 0.1) is 5.82 Å². The van der Waals surface area contributed by atoms with Gasteiger partial charge in [-0.05, 0) is 59.2 Å². The van der Waals surface area contributed by atoms with Crippen molar-refractivity contribution in [3.05, 3.63) is 54.8 Å². The van der Waals surface area contributed by atoms with E-state index in [1.807, 2.05) is 7.05 Å². The highest BCUT2D eigenvalue weighted by Crippen LogP contribution is 2.29. The molecule has 1 aromatic heterocycles. The lowest BCUT2D eigenvalue weighted by atomic mass is 10.0. The molecule has 0 amide bonds. The van der Waals surface area contributed by atoms with Crippen LogP contribution in [0.5, 0.6) is 0 Å². The van der Waals surface area contributed by atoms with Crippen LogP contribution in [0.15, 0.2) is 38.6 Å². The molecule has 0 saturated heterocycles. The van der Waals surface area contributed by atoms with Gasteiger partial charge in [0, 0.05) is 25.2 Å². The van der Waals surface area contributed by atoms with Gasteiger partial charge < -0.3 is 5.32 Å². The second kappa shape index (κ2) is 6.28. The van der Waals surface area contributed by atoms with Crippen molar-refractivity contribution < 1.29 is 4.39 Å². The van der Waals surface area contributed by atoms with E-state index in [1.54, 1.807) is 23.5 Å². The summed E-state index contributed by atoms with van der Waals surface area (Å²) >= 11 is 8.61. The monoisotopic (exact) mass is 391 g/mol. The SMILES string of the molecule is CNC(Cc1cc(F)ccc1Br)c1cc(Br)cs1. The van der Waals surface area contributed by atoms with Crippen LogP contribution in [-0.2, 0) is 6.42 Å². The summed E-state index contributed by atoms with van der Waals surface area (Å²) in [4.78, 5) is 1.24. The van der Waals surface area contributed by atoms with E-state index in [0.29, 0.717) is 0 Å². The highest BCUT2D eigenvalue weighted by atomic mass is 79.9. The maximum atomic E-state index is 13.3. The number of hydrogen-bond donors (Lipinski definition) is 1. The van der Waals surface area contributed by atoms with Crippen molar-refractivity contribution in [3.63, 3.8) is 0 Å². The number of nitrogens with one attached hydrogen (secondary N) is 1. The number of benzene rings is 1. The van der Waals surface area contributed by atoms with Crippen LogP contribution < -0.4 is 5.32 Å². The van der Waals surface area contributed by atoms with Gasteiger partial charge in [-0.3, -0.25) is 0 Å². The highest BCUT2D eigenvalue weighted by molar-refractivity contribution is 9.10. The molecule has 2 rings (SSSR count). The van der Waals surface area contributed by atoms with Crippen molar-refractivity contribution in [3.8, 4) is 0 Å². The third-order valence-electron chi connectivity index (χ3n) is 2.71. The molecule has 0 fully saturated rings. The van der Waals surface area contributed by atoms with Gasteiger partial charge in [0.05, 0.1) is 0 Å². The fourth-order valence-electron chi connectivity index (χ4n) is 1.78. The number of hydrogen-bond acceptors (Lipinski definition) is 2. The molecular formula is C13H12Br2FNS. The van der Waals surface area contributed by atoms with E-state index < -0.39 is 0 Å². The number of likely N-dealkylation sites (N-methyl/N-ethyl adjacent to an activating group) is 1. The lowest BCUT2D eigenvalue weighted by molar-refractivity contribution is 0.590. The first-order chi connectivity index (χ1) is 8.60. The van der Waals surface area contributed by atoms with Gasteiger partial charge in [-0.15, -0.1) is 11.3 Å². The normalized spacial score (nSPS) is 12.7. The lowest BCUT2D eigenvalue weighted by Crippen LogP contribution is -2.18. The molecule has 0 aliphatic rings. The summed E-state index contributed by atoms with van der Waals surface area (Å²) in [6.45, 7) is 0. The molecule has 0 spiro atoms. The quantitative estimate of drug-likeness (QED) is 0.778. The summed E-state index contributed by atoms with van der Waals surface area (Å²) in [6, 6.07) is 7.08. The fourth-order valence-corrected chi connectivity index (χ4v) is 3.74. The summed E-state index contributed by atoms with van der Waals surface area (Å²) in [6.07, 6.45) is 0.752. The molecule has 1 aromatic carbocycles. The van der Waals surface area contributed by atoms with Gasteiger partial charge in [0.25, 0.3) is 0 Å². The third-order valence-corrected chi connectivity index (χ3v) is 5.29. The molecule has 0 aliphatic heterocycles. The average molecular weight is 393 g/mol. The molecule has 18 heavy (non-hydrogen) atoms. The minimum atomic E-state index is -0.199. The van der Waals surface area contributed by atoms with Crippen LogP contribution in [0.4, 0.5) is 4.39 Å². The lowest BCUT2D eigenvalue weighted by Gasteiger charge is -2.15. The first-order valence-electron chi connectivity index (χ1n) is 5.45. The Balaban J connectivity index is 2.22. The molecule has 1 unspecified atom stereocenters. The molecule has 1 heterocycles. The highest BCUT2D eigenvalue weighted by Gasteiger charge is 2.14. The first kappa shape index (κ1) is 14.2. The molecule has 1 atom stereocenters. The Morgan fingerprint density at radius 3 is 2.72 bits per heavy atom. The van der Waals surface area contributed by atoms with Gasteiger partial charge in [0.1, 0.15) is 5.82 Å². The summed E-state index contributed by atoms with van der Waals surface area (Å²) in [7, 11) is 1.92. The van der Waals surface area contributed by atoms with Crippen LogP contribution in [0.1, 0.15) is 16.5 Å². The second-order valence-electron chi connectivity index (χ2n) is 3.95. The molecule has 96 valence electrons. The zero-order valence-corrected chi connectivity index (χ0v) is 13.7. The minimum absolute atomic E-state index is 0.194. The maximum absolute atomic E-state index is 13.3. The van der Waals surface area contributed by atoms with Crippen LogP contribution >= 0.6 is 43.2 Å². The number of thiophene rings is 1. The van der Waals surface area contributed by atoms with Crippen LogP contribution in [-0.4, -0.2) is 7.05 Å². The van der Waals surface area contributed by atoms with Crippen molar-refractivity contribution >= 4 is 43.2 Å². The van der Waals surface area contributed by atoms with Crippen molar-refractivity contribution in [2.24, 2.45) is 0 Å². The molecular weight excluding hydrogens is 381 g/mol. The molecule has 1 nitrogen and oxygen atoms in total. The van der Waals surface area contributed by atoms with Crippen molar-refractivity contribution in [1.82, 2.24) is 5.32 Å². The predicted molar refractivity (Wildman–Crippen MR) is 81.6 cm³/mol. The fraction of sp³-hybridized carbons (Fsp3) is 0.231. The Labute approximate surface area is 127 Å². The number of halogens is 3. The zero-order chi connectivity index (χ0) is 13.1. The largest absolute Gasteiger partial charge is 0.312 e. The molecule has 0 saturated carbocycles. The van der Waals surface area contributed by atoms with Crippen LogP contribution in [0.25, 0.3) is 0 Å². The van der Waals surface area contributed by atoms with Crippen molar-refractivity contribution in [2.45, 2.75) is 12.5 Å². The predicted octanol–water partition coefficient (Wildman–Crippen LogP) is 4.92. The minimum Gasteiger partial charge on any atom is -0.312 e. The van der Waals surface area contributed by atoms with E-state index in [9.17, 15) is 4.39 Å². The summed E-state index contributed by atoms with van der Waals surface area (Å²) in [5, 5.41) is 5.33. The molecule has 0 aliphatic carbocycles. The standard InChI is InChI=1S/C13H12Br2FNS/c1-17-12(13-6-9(14)7-18-13)5-8-4-10(16)2-3-11(8)15/h2-4,6-7,12,17H,5H2,1H3. The Kier molecular flexibility index (Phi) is 4.95. The molecule has 0 radical (unpaired) electrons. The Morgan fingerprint density at radius 1 is 1.33 bits per heavy atom. The van der Waals surface area contributed by atoms with Crippen LogP contribution in [0.3, 0.4) is 0 Å². The van der Waals surface area contributed by atoms with Gasteiger partial charge in [0.2, 0.25) is 0 Å². The van der Waals surface area contributed by atoms with Crippen molar-refractivity contribution in [2.75, 3.05) is 7.05 Å². The Hall–Kier alpha value is -0.230. The third kappa shape index (κ3) is 3.41. The molecule has 1 N–H and O–H groups in total. The smallest absolute Gasteiger partial charge is 0.123 e. The van der Waals surface area contributed by atoms with Crippen LogP contribution in [0.2, 0.25) is 0 Å².